The van der Waals surface area contributed by atoms with Crippen molar-refractivity contribution in [1.82, 2.24) is 9.80 Å². The molecule has 184 valence electrons. The number of fused-ring (bicyclic) bond motifs is 1. The largest absolute Gasteiger partial charge is 0.497 e. The van der Waals surface area contributed by atoms with Crippen molar-refractivity contribution < 1.29 is 19.1 Å². The highest BCUT2D eigenvalue weighted by Gasteiger charge is 2.34. The standard InChI is InChI=1S/C28H32N2O4S/c1-20(2)30(27(31)16-21-8-5-4-6-9-21)18-28(32)29-14-12-26-24(13-15-35-26)25(29)19-34-23-11-7-10-22(17-23)33-3/h4-11,13,15,17,20,25H,12,14,16,18-19H2,1-3H3. The maximum atomic E-state index is 13.6. The van der Waals surface area contributed by atoms with Crippen molar-refractivity contribution in [2.45, 2.75) is 38.8 Å². The van der Waals surface area contributed by atoms with Crippen molar-refractivity contribution in [3.8, 4) is 11.5 Å². The Labute approximate surface area is 211 Å². The van der Waals surface area contributed by atoms with Gasteiger partial charge in [0.25, 0.3) is 0 Å². The third kappa shape index (κ3) is 6.03. The van der Waals surface area contributed by atoms with Gasteiger partial charge in [0.15, 0.2) is 0 Å². The second-order valence-corrected chi connectivity index (χ2v) is 9.92. The Bertz CT molecular complexity index is 1140. The lowest BCUT2D eigenvalue weighted by molar-refractivity contribution is -0.143. The van der Waals surface area contributed by atoms with Gasteiger partial charge in [0, 0.05) is 23.5 Å². The number of thiophene rings is 1. The minimum Gasteiger partial charge on any atom is -0.497 e. The summed E-state index contributed by atoms with van der Waals surface area (Å²) in [4.78, 5) is 31.5. The molecular weight excluding hydrogens is 460 g/mol. The first-order valence-corrected chi connectivity index (χ1v) is 12.8. The number of rotatable bonds is 9. The first-order valence-electron chi connectivity index (χ1n) is 11.9. The summed E-state index contributed by atoms with van der Waals surface area (Å²) < 4.78 is 11.4. The fourth-order valence-corrected chi connectivity index (χ4v) is 5.34. The van der Waals surface area contributed by atoms with Gasteiger partial charge in [-0.2, -0.15) is 0 Å². The third-order valence-corrected chi connectivity index (χ3v) is 7.31. The minimum absolute atomic E-state index is 0.0445. The van der Waals surface area contributed by atoms with E-state index in [1.54, 1.807) is 23.3 Å². The molecule has 1 atom stereocenters. The molecule has 2 aromatic carbocycles. The zero-order chi connectivity index (χ0) is 24.8. The summed E-state index contributed by atoms with van der Waals surface area (Å²) in [6.45, 7) is 4.90. The highest BCUT2D eigenvalue weighted by molar-refractivity contribution is 7.10. The Morgan fingerprint density at radius 2 is 1.86 bits per heavy atom. The molecule has 0 radical (unpaired) electrons. The molecule has 0 aliphatic carbocycles. The van der Waals surface area contributed by atoms with Gasteiger partial charge in [-0.25, -0.2) is 0 Å². The summed E-state index contributed by atoms with van der Waals surface area (Å²) in [5, 5.41) is 2.07. The number of carbonyl (C=O) groups is 2. The molecule has 0 saturated heterocycles. The van der Waals surface area contributed by atoms with E-state index in [9.17, 15) is 9.59 Å². The van der Waals surface area contributed by atoms with Crippen molar-refractivity contribution >= 4 is 23.2 Å². The number of hydrogen-bond acceptors (Lipinski definition) is 5. The number of methoxy groups -OCH3 is 1. The Balaban J connectivity index is 1.49. The van der Waals surface area contributed by atoms with Crippen LogP contribution in [0.2, 0.25) is 0 Å². The molecule has 3 aromatic rings. The van der Waals surface area contributed by atoms with E-state index < -0.39 is 0 Å². The lowest BCUT2D eigenvalue weighted by Crippen LogP contribution is -2.49. The van der Waals surface area contributed by atoms with E-state index >= 15 is 0 Å². The van der Waals surface area contributed by atoms with Crippen molar-refractivity contribution in [3.63, 3.8) is 0 Å². The molecule has 1 aliphatic heterocycles. The molecular formula is C28H32N2O4S. The van der Waals surface area contributed by atoms with E-state index in [1.165, 1.54) is 4.88 Å². The Kier molecular flexibility index (Phi) is 8.08. The molecule has 4 rings (SSSR count). The summed E-state index contributed by atoms with van der Waals surface area (Å²) >= 11 is 1.72. The molecule has 35 heavy (non-hydrogen) atoms. The maximum absolute atomic E-state index is 13.6. The number of carbonyl (C=O) groups excluding carboxylic acids is 2. The van der Waals surface area contributed by atoms with Crippen molar-refractivity contribution in [2.24, 2.45) is 0 Å². The second kappa shape index (κ2) is 11.4. The van der Waals surface area contributed by atoms with Gasteiger partial charge in [0.2, 0.25) is 11.8 Å². The topological polar surface area (TPSA) is 59.1 Å². The average Bonchev–Trinajstić information content (AvgIpc) is 3.35. The molecule has 2 heterocycles. The smallest absolute Gasteiger partial charge is 0.242 e. The summed E-state index contributed by atoms with van der Waals surface area (Å²) in [7, 11) is 1.62. The molecule has 0 saturated carbocycles. The van der Waals surface area contributed by atoms with Crippen LogP contribution in [-0.2, 0) is 22.4 Å². The lowest BCUT2D eigenvalue weighted by atomic mass is 10.00. The van der Waals surface area contributed by atoms with Crippen LogP contribution in [0.3, 0.4) is 0 Å². The van der Waals surface area contributed by atoms with E-state index in [4.69, 9.17) is 9.47 Å². The van der Waals surface area contributed by atoms with Crippen LogP contribution in [0.15, 0.2) is 66.0 Å². The molecule has 1 unspecified atom stereocenters. The quantitative estimate of drug-likeness (QED) is 0.433. The summed E-state index contributed by atoms with van der Waals surface area (Å²) in [5.74, 6) is 1.31. The van der Waals surface area contributed by atoms with E-state index in [1.807, 2.05) is 73.3 Å². The fraction of sp³-hybridized carbons (Fsp3) is 0.357. The highest BCUT2D eigenvalue weighted by Crippen LogP contribution is 2.34. The number of hydrogen-bond donors (Lipinski definition) is 0. The van der Waals surface area contributed by atoms with Gasteiger partial charge < -0.3 is 19.3 Å². The van der Waals surface area contributed by atoms with Gasteiger partial charge in [-0.1, -0.05) is 36.4 Å². The molecule has 2 amide bonds. The summed E-state index contributed by atoms with van der Waals surface area (Å²) in [6.07, 6.45) is 1.09. The van der Waals surface area contributed by atoms with E-state index in [2.05, 4.69) is 11.4 Å². The number of ether oxygens (including phenoxy) is 2. The number of benzene rings is 2. The molecule has 1 aliphatic rings. The first kappa shape index (κ1) is 24.8. The SMILES string of the molecule is COc1cccc(OCC2c3ccsc3CCN2C(=O)CN(C(=O)Cc2ccccc2)C(C)C)c1. The monoisotopic (exact) mass is 492 g/mol. The van der Waals surface area contributed by atoms with Crippen molar-refractivity contribution in [3.05, 3.63) is 82.0 Å². The molecule has 6 nitrogen and oxygen atoms in total. The summed E-state index contributed by atoms with van der Waals surface area (Å²) in [6, 6.07) is 18.9. The molecule has 0 N–H and O–H groups in total. The van der Waals surface area contributed by atoms with Gasteiger partial charge in [-0.05, 0) is 55.0 Å². The van der Waals surface area contributed by atoms with E-state index in [0.29, 0.717) is 18.9 Å². The predicted molar refractivity (Wildman–Crippen MR) is 138 cm³/mol. The van der Waals surface area contributed by atoms with Crippen LogP contribution in [0.1, 0.15) is 35.9 Å². The van der Waals surface area contributed by atoms with Crippen LogP contribution in [0.25, 0.3) is 0 Å². The van der Waals surface area contributed by atoms with Crippen LogP contribution in [0.4, 0.5) is 0 Å². The highest BCUT2D eigenvalue weighted by atomic mass is 32.1. The molecule has 0 fully saturated rings. The van der Waals surface area contributed by atoms with Crippen LogP contribution >= 0.6 is 11.3 Å². The fourth-order valence-electron chi connectivity index (χ4n) is 4.41. The minimum atomic E-state index is -0.207. The summed E-state index contributed by atoms with van der Waals surface area (Å²) in [5.41, 5.74) is 2.07. The van der Waals surface area contributed by atoms with Crippen LogP contribution in [0.5, 0.6) is 11.5 Å². The second-order valence-electron chi connectivity index (χ2n) is 8.92. The van der Waals surface area contributed by atoms with E-state index in [0.717, 1.165) is 23.3 Å². The Morgan fingerprint density at radius 1 is 1.09 bits per heavy atom. The Hall–Kier alpha value is -3.32. The molecule has 7 heteroatoms. The number of amides is 2. The predicted octanol–water partition coefficient (Wildman–Crippen LogP) is 4.74. The van der Waals surface area contributed by atoms with E-state index in [-0.39, 0.29) is 36.9 Å². The van der Waals surface area contributed by atoms with Gasteiger partial charge >= 0.3 is 0 Å². The third-order valence-electron chi connectivity index (χ3n) is 6.31. The van der Waals surface area contributed by atoms with Crippen LogP contribution < -0.4 is 9.47 Å². The molecule has 0 bridgehead atoms. The van der Waals surface area contributed by atoms with Gasteiger partial charge in [0.05, 0.1) is 19.6 Å². The molecule has 1 aromatic heterocycles. The van der Waals surface area contributed by atoms with Gasteiger partial charge in [-0.15, -0.1) is 11.3 Å². The zero-order valence-electron chi connectivity index (χ0n) is 20.5. The number of nitrogens with zero attached hydrogens (tertiary/aromatic N) is 2. The van der Waals surface area contributed by atoms with Crippen molar-refractivity contribution in [1.29, 1.82) is 0 Å². The maximum Gasteiger partial charge on any atom is 0.242 e. The zero-order valence-corrected chi connectivity index (χ0v) is 21.3. The Morgan fingerprint density at radius 3 is 2.60 bits per heavy atom. The van der Waals surface area contributed by atoms with Crippen LogP contribution in [0, 0.1) is 0 Å². The van der Waals surface area contributed by atoms with Crippen LogP contribution in [-0.4, -0.2) is 54.5 Å². The average molecular weight is 493 g/mol. The first-order chi connectivity index (χ1) is 17.0. The molecule has 0 spiro atoms. The van der Waals surface area contributed by atoms with Gasteiger partial charge in [0.1, 0.15) is 24.7 Å². The van der Waals surface area contributed by atoms with Gasteiger partial charge in [-0.3, -0.25) is 9.59 Å². The normalized spacial score (nSPS) is 15.0. The van der Waals surface area contributed by atoms with Crippen molar-refractivity contribution in [2.75, 3.05) is 26.8 Å². The lowest BCUT2D eigenvalue weighted by Gasteiger charge is -2.37.